The molecule has 0 aliphatic carbocycles. The van der Waals surface area contributed by atoms with Crippen LogP contribution in [0.5, 0.6) is 0 Å². The summed E-state index contributed by atoms with van der Waals surface area (Å²) in [7, 11) is 0. The summed E-state index contributed by atoms with van der Waals surface area (Å²) in [6.45, 7) is 0. The molecule has 0 atom stereocenters. The zero-order valence-corrected chi connectivity index (χ0v) is 21.8. The Balaban J connectivity index is 1.41. The molecule has 2 nitrogen and oxygen atoms in total. The fraction of sp³-hybridized carbons (Fsp3) is 0. The average molecular weight is 509 g/mol. The van der Waals surface area contributed by atoms with Crippen LogP contribution >= 0.6 is 0 Å². The fourth-order valence-electron chi connectivity index (χ4n) is 5.05. The highest BCUT2D eigenvalue weighted by atomic mass is 14.3. The first-order valence-electron chi connectivity index (χ1n) is 13.1. The Morgan fingerprint density at radius 1 is 0.275 bits per heavy atom. The van der Waals surface area contributed by atoms with Crippen LogP contribution < -0.4 is 0 Å². The third-order valence-electron chi connectivity index (χ3n) is 7.09. The van der Waals surface area contributed by atoms with Gasteiger partial charge in [0.15, 0.2) is 0 Å². The second kappa shape index (κ2) is 11.0. The largest absolute Gasteiger partial charge is 0.192 e. The van der Waals surface area contributed by atoms with Gasteiger partial charge in [-0.25, -0.2) is 0 Å². The lowest BCUT2D eigenvalue weighted by atomic mass is 9.92. The summed E-state index contributed by atoms with van der Waals surface area (Å²) in [5, 5.41) is 19.7. The fourth-order valence-corrected chi connectivity index (χ4v) is 5.05. The van der Waals surface area contributed by atoms with Crippen LogP contribution in [0.4, 0.5) is 0 Å². The van der Waals surface area contributed by atoms with E-state index in [9.17, 15) is 10.5 Å². The predicted molar refractivity (Wildman–Crippen MR) is 163 cm³/mol. The summed E-state index contributed by atoms with van der Waals surface area (Å²) in [5.74, 6) is 0. The van der Waals surface area contributed by atoms with E-state index in [1.165, 1.54) is 0 Å². The van der Waals surface area contributed by atoms with E-state index in [-0.39, 0.29) is 0 Å². The van der Waals surface area contributed by atoms with E-state index in [0.29, 0.717) is 11.1 Å². The lowest BCUT2D eigenvalue weighted by molar-refractivity contribution is 1.46. The first-order valence-corrected chi connectivity index (χ1v) is 13.1. The number of rotatable bonds is 5. The van der Waals surface area contributed by atoms with Crippen molar-refractivity contribution >= 4 is 0 Å². The van der Waals surface area contributed by atoms with Crippen LogP contribution in [-0.2, 0) is 0 Å². The maximum Gasteiger partial charge on any atom is 0.0992 e. The molecule has 2 heteroatoms. The van der Waals surface area contributed by atoms with Crippen LogP contribution in [0, 0.1) is 22.7 Å². The zero-order valence-electron chi connectivity index (χ0n) is 21.8. The van der Waals surface area contributed by atoms with Crippen molar-refractivity contribution in [3.05, 3.63) is 157 Å². The smallest absolute Gasteiger partial charge is 0.0992 e. The SMILES string of the molecule is N#Cc1cc(-c2ccc(-c3ccccc3)cc2)cc(-c2cc(C#N)cc(-c3cccc(-c4ccccc4)c3)c2)c1. The maximum atomic E-state index is 9.86. The summed E-state index contributed by atoms with van der Waals surface area (Å²) >= 11 is 0. The highest BCUT2D eigenvalue weighted by Crippen LogP contribution is 2.34. The zero-order chi connectivity index (χ0) is 27.3. The molecule has 0 radical (unpaired) electrons. The minimum Gasteiger partial charge on any atom is -0.192 e. The van der Waals surface area contributed by atoms with Crippen LogP contribution in [-0.4, -0.2) is 0 Å². The van der Waals surface area contributed by atoms with Gasteiger partial charge < -0.3 is 0 Å². The molecule has 0 saturated carbocycles. The van der Waals surface area contributed by atoms with Crippen molar-refractivity contribution in [1.82, 2.24) is 0 Å². The lowest BCUT2D eigenvalue weighted by Gasteiger charge is -2.12. The van der Waals surface area contributed by atoms with Gasteiger partial charge >= 0.3 is 0 Å². The Kier molecular flexibility index (Phi) is 6.75. The predicted octanol–water partition coefficient (Wildman–Crippen LogP) is 9.76. The molecular formula is C38H24N2. The van der Waals surface area contributed by atoms with Crippen LogP contribution in [0.3, 0.4) is 0 Å². The van der Waals surface area contributed by atoms with E-state index in [1.54, 1.807) is 0 Å². The molecule has 0 N–H and O–H groups in total. The van der Waals surface area contributed by atoms with Crippen molar-refractivity contribution < 1.29 is 0 Å². The van der Waals surface area contributed by atoms with Crippen LogP contribution in [0.25, 0.3) is 55.6 Å². The van der Waals surface area contributed by atoms with Gasteiger partial charge in [0.25, 0.3) is 0 Å². The molecule has 0 fully saturated rings. The van der Waals surface area contributed by atoms with Crippen LogP contribution in [0.15, 0.2) is 146 Å². The first kappa shape index (κ1) is 24.6. The Hall–Kier alpha value is -5.70. The van der Waals surface area contributed by atoms with Crippen molar-refractivity contribution in [1.29, 1.82) is 10.5 Å². The normalized spacial score (nSPS) is 10.4. The number of hydrogen-bond donors (Lipinski definition) is 0. The van der Waals surface area contributed by atoms with Crippen molar-refractivity contribution in [3.8, 4) is 67.8 Å². The van der Waals surface area contributed by atoms with Gasteiger partial charge in [-0.15, -0.1) is 0 Å². The molecule has 6 rings (SSSR count). The monoisotopic (exact) mass is 508 g/mol. The van der Waals surface area contributed by atoms with E-state index in [2.05, 4.69) is 91.0 Å². The Morgan fingerprint density at radius 2 is 0.575 bits per heavy atom. The second-order valence-electron chi connectivity index (χ2n) is 9.71. The number of hydrogen-bond acceptors (Lipinski definition) is 2. The van der Waals surface area contributed by atoms with Crippen LogP contribution in [0.2, 0.25) is 0 Å². The molecule has 6 aromatic rings. The van der Waals surface area contributed by atoms with E-state index in [1.807, 2.05) is 66.7 Å². The van der Waals surface area contributed by atoms with E-state index in [4.69, 9.17) is 0 Å². The van der Waals surface area contributed by atoms with Gasteiger partial charge in [0.1, 0.15) is 0 Å². The lowest BCUT2D eigenvalue weighted by Crippen LogP contribution is -1.89. The third kappa shape index (κ3) is 5.16. The van der Waals surface area contributed by atoms with E-state index >= 15 is 0 Å². The molecule has 0 unspecified atom stereocenters. The molecular weight excluding hydrogens is 484 g/mol. The number of benzene rings is 6. The summed E-state index contributed by atoms with van der Waals surface area (Å²) in [4.78, 5) is 0. The first-order chi connectivity index (χ1) is 19.7. The maximum absolute atomic E-state index is 9.86. The number of nitriles is 2. The third-order valence-corrected chi connectivity index (χ3v) is 7.09. The highest BCUT2D eigenvalue weighted by molar-refractivity contribution is 5.81. The van der Waals surface area contributed by atoms with Gasteiger partial charge in [0.05, 0.1) is 23.3 Å². The van der Waals surface area contributed by atoms with Gasteiger partial charge in [0.2, 0.25) is 0 Å². The quantitative estimate of drug-likeness (QED) is 0.233. The molecule has 0 saturated heterocycles. The molecule has 0 heterocycles. The van der Waals surface area contributed by atoms with Gasteiger partial charge in [0, 0.05) is 0 Å². The van der Waals surface area contributed by atoms with Gasteiger partial charge in [-0.2, -0.15) is 10.5 Å². The molecule has 0 bridgehead atoms. The summed E-state index contributed by atoms with van der Waals surface area (Å²) in [6, 6.07) is 53.8. The summed E-state index contributed by atoms with van der Waals surface area (Å²) < 4.78 is 0. The minimum atomic E-state index is 0.578. The van der Waals surface area contributed by atoms with Crippen molar-refractivity contribution in [2.45, 2.75) is 0 Å². The second-order valence-corrected chi connectivity index (χ2v) is 9.71. The van der Waals surface area contributed by atoms with E-state index < -0.39 is 0 Å². The topological polar surface area (TPSA) is 47.6 Å². The average Bonchev–Trinajstić information content (AvgIpc) is 3.05. The minimum absolute atomic E-state index is 0.578. The summed E-state index contributed by atoms with van der Waals surface area (Å²) in [6.07, 6.45) is 0. The molecule has 0 spiro atoms. The van der Waals surface area contributed by atoms with E-state index in [0.717, 1.165) is 55.6 Å². The van der Waals surface area contributed by atoms with Crippen LogP contribution in [0.1, 0.15) is 11.1 Å². The molecule has 40 heavy (non-hydrogen) atoms. The van der Waals surface area contributed by atoms with Gasteiger partial charge in [-0.1, -0.05) is 103 Å². The molecule has 0 aliphatic rings. The molecule has 6 aromatic carbocycles. The van der Waals surface area contributed by atoms with Crippen molar-refractivity contribution in [2.75, 3.05) is 0 Å². The highest BCUT2D eigenvalue weighted by Gasteiger charge is 2.10. The molecule has 0 amide bonds. The Bertz CT molecular complexity index is 1890. The Morgan fingerprint density at radius 3 is 1.05 bits per heavy atom. The standard InChI is InChI=1S/C38H24N2/c39-25-27-18-35(32-16-14-31(15-17-32)29-8-3-1-4-9-29)23-37(20-27)38-21-28(26-40)19-36(24-38)34-13-7-12-33(22-34)30-10-5-2-6-11-30/h1-24H. The van der Waals surface area contributed by atoms with Crippen molar-refractivity contribution in [2.24, 2.45) is 0 Å². The molecule has 0 aliphatic heterocycles. The van der Waals surface area contributed by atoms with Gasteiger partial charge in [-0.3, -0.25) is 0 Å². The van der Waals surface area contributed by atoms with Gasteiger partial charge in [-0.05, 0) is 98.1 Å². The Labute approximate surface area is 234 Å². The van der Waals surface area contributed by atoms with Crippen molar-refractivity contribution in [3.63, 3.8) is 0 Å². The summed E-state index contributed by atoms with van der Waals surface area (Å²) in [5.41, 5.74) is 11.5. The molecule has 0 aromatic heterocycles. The number of nitrogens with zero attached hydrogens (tertiary/aromatic N) is 2. The molecule has 186 valence electrons.